The summed E-state index contributed by atoms with van der Waals surface area (Å²) in [6.45, 7) is 3.50. The molecule has 0 unspecified atom stereocenters. The zero-order valence-electron chi connectivity index (χ0n) is 19.6. The van der Waals surface area contributed by atoms with Gasteiger partial charge in [-0.15, -0.1) is 0 Å². The molecule has 2 heterocycles. The van der Waals surface area contributed by atoms with E-state index in [1.54, 1.807) is 19.2 Å². The molecule has 4 rings (SSSR count). The highest BCUT2D eigenvalue weighted by molar-refractivity contribution is 6.11. The highest BCUT2D eigenvalue weighted by atomic mass is 19.2. The van der Waals surface area contributed by atoms with Gasteiger partial charge in [-0.2, -0.15) is 0 Å². The Labute approximate surface area is 202 Å². The maximum Gasteiger partial charge on any atom is 0.276 e. The molecule has 1 aliphatic carbocycles. The van der Waals surface area contributed by atoms with Crippen LogP contribution in [0.3, 0.4) is 0 Å². The van der Waals surface area contributed by atoms with E-state index in [1.807, 2.05) is 0 Å². The summed E-state index contributed by atoms with van der Waals surface area (Å²) in [6.07, 6.45) is 5.26. The summed E-state index contributed by atoms with van der Waals surface area (Å²) in [4.78, 5) is 44.7. The summed E-state index contributed by atoms with van der Waals surface area (Å²) < 4.78 is 69.8. The molecule has 0 saturated heterocycles. The van der Waals surface area contributed by atoms with E-state index in [2.05, 4.69) is 10.3 Å². The second-order valence-electron chi connectivity index (χ2n) is 9.15. The van der Waals surface area contributed by atoms with Gasteiger partial charge in [0.05, 0.1) is 12.9 Å². The molecule has 0 bridgehead atoms. The van der Waals surface area contributed by atoms with E-state index in [1.165, 1.54) is 9.47 Å². The molecule has 36 heavy (non-hydrogen) atoms. The number of carbonyl (C=O) groups is 3. The maximum atomic E-state index is 14.1. The minimum Gasteiger partial charge on any atom is -0.351 e. The number of hydrogen-bond donors (Lipinski definition) is 2. The minimum absolute atomic E-state index is 0.000260. The number of aromatic nitrogens is 2. The molecular formula is C23H24F5N5O3. The van der Waals surface area contributed by atoms with Crippen LogP contribution in [0.15, 0.2) is 6.33 Å². The standard InChI is InChI=1S/C23H24F5N5O3/c1-3-8-33-21(35)19-18(20(34)31-17-15(27)13(25)12(24)14(26)16(17)28)29-10-32(19)9-23(33,2)22(36)30-11-6-4-5-7-11/h10-11H,3-9H2,1-2H3,(H,30,36)(H,31,34)/t23-/m1/s1. The lowest BCUT2D eigenvalue weighted by Crippen LogP contribution is -2.65. The monoisotopic (exact) mass is 513 g/mol. The van der Waals surface area contributed by atoms with Gasteiger partial charge >= 0.3 is 0 Å². The Hall–Kier alpha value is -3.51. The number of nitrogens with zero attached hydrogens (tertiary/aromatic N) is 3. The quantitative estimate of drug-likeness (QED) is 0.351. The molecule has 8 nitrogen and oxygen atoms in total. The van der Waals surface area contributed by atoms with Gasteiger partial charge in [-0.3, -0.25) is 14.4 Å². The van der Waals surface area contributed by atoms with Gasteiger partial charge in [0.1, 0.15) is 16.9 Å². The van der Waals surface area contributed by atoms with Gasteiger partial charge in [-0.1, -0.05) is 19.8 Å². The summed E-state index contributed by atoms with van der Waals surface area (Å²) in [6, 6.07) is -0.000260. The molecule has 3 amide bonds. The van der Waals surface area contributed by atoms with Crippen molar-refractivity contribution in [2.24, 2.45) is 0 Å². The number of halogens is 5. The number of imidazole rings is 1. The van der Waals surface area contributed by atoms with Crippen LogP contribution >= 0.6 is 0 Å². The number of carbonyl (C=O) groups excluding carboxylic acids is 3. The fourth-order valence-corrected chi connectivity index (χ4v) is 4.73. The average molecular weight is 513 g/mol. The molecule has 194 valence electrons. The molecular weight excluding hydrogens is 489 g/mol. The predicted molar refractivity (Wildman–Crippen MR) is 117 cm³/mol. The van der Waals surface area contributed by atoms with E-state index in [9.17, 15) is 36.3 Å². The molecule has 1 aromatic carbocycles. The van der Waals surface area contributed by atoms with Gasteiger partial charge in [0, 0.05) is 12.6 Å². The zero-order chi connectivity index (χ0) is 26.4. The van der Waals surface area contributed by atoms with Crippen molar-refractivity contribution in [3.05, 3.63) is 46.8 Å². The Morgan fingerprint density at radius 1 is 1.06 bits per heavy atom. The summed E-state index contributed by atoms with van der Waals surface area (Å²) in [7, 11) is 0. The second-order valence-corrected chi connectivity index (χ2v) is 9.15. The van der Waals surface area contributed by atoms with Gasteiger partial charge in [0.25, 0.3) is 11.8 Å². The Kier molecular flexibility index (Phi) is 6.76. The lowest BCUT2D eigenvalue weighted by atomic mass is 9.93. The lowest BCUT2D eigenvalue weighted by Gasteiger charge is -2.44. The highest BCUT2D eigenvalue weighted by Crippen LogP contribution is 2.32. The summed E-state index contributed by atoms with van der Waals surface area (Å²) in [5.41, 5.74) is -3.72. The van der Waals surface area contributed by atoms with Crippen LogP contribution in [0.25, 0.3) is 0 Å². The highest BCUT2D eigenvalue weighted by Gasteiger charge is 2.49. The first-order chi connectivity index (χ1) is 17.0. The van der Waals surface area contributed by atoms with Crippen LogP contribution in [0.5, 0.6) is 0 Å². The lowest BCUT2D eigenvalue weighted by molar-refractivity contribution is -0.133. The van der Waals surface area contributed by atoms with Gasteiger partial charge in [0.15, 0.2) is 29.0 Å². The van der Waals surface area contributed by atoms with Crippen molar-refractivity contribution in [1.82, 2.24) is 19.8 Å². The van der Waals surface area contributed by atoms with Crippen LogP contribution in [0.4, 0.5) is 27.6 Å². The van der Waals surface area contributed by atoms with Crippen molar-refractivity contribution in [3.8, 4) is 0 Å². The number of nitrogens with one attached hydrogen (secondary N) is 2. The van der Waals surface area contributed by atoms with Crippen molar-refractivity contribution in [2.45, 2.75) is 64.1 Å². The van der Waals surface area contributed by atoms with E-state index < -0.39 is 57.8 Å². The van der Waals surface area contributed by atoms with Crippen molar-refractivity contribution < 1.29 is 36.3 Å². The van der Waals surface area contributed by atoms with Crippen molar-refractivity contribution >= 4 is 23.4 Å². The van der Waals surface area contributed by atoms with Crippen LogP contribution < -0.4 is 10.6 Å². The number of amides is 3. The van der Waals surface area contributed by atoms with Gasteiger partial charge in [-0.05, 0) is 26.2 Å². The third-order valence-electron chi connectivity index (χ3n) is 6.65. The predicted octanol–water partition coefficient (Wildman–Crippen LogP) is 3.51. The van der Waals surface area contributed by atoms with Crippen LogP contribution in [-0.2, 0) is 11.3 Å². The SMILES string of the molecule is CCCN1C(=O)c2c(C(=O)Nc3c(F)c(F)c(F)c(F)c3F)ncn2C[C@]1(C)C(=O)NC1CCCC1. The molecule has 1 atom stereocenters. The zero-order valence-corrected chi connectivity index (χ0v) is 19.6. The molecule has 2 N–H and O–H groups in total. The van der Waals surface area contributed by atoms with Crippen molar-refractivity contribution in [1.29, 1.82) is 0 Å². The van der Waals surface area contributed by atoms with Crippen molar-refractivity contribution in [2.75, 3.05) is 11.9 Å². The second kappa shape index (κ2) is 9.51. The van der Waals surface area contributed by atoms with Gasteiger partial charge < -0.3 is 20.1 Å². The summed E-state index contributed by atoms with van der Waals surface area (Å²) in [5.74, 6) is -13.7. The normalized spacial score (nSPS) is 20.0. The largest absolute Gasteiger partial charge is 0.351 e. The molecule has 2 aliphatic rings. The van der Waals surface area contributed by atoms with Crippen LogP contribution in [-0.4, -0.2) is 50.3 Å². The Balaban J connectivity index is 1.67. The number of hydrogen-bond acceptors (Lipinski definition) is 4. The molecule has 0 spiro atoms. The Morgan fingerprint density at radius 2 is 1.64 bits per heavy atom. The summed E-state index contributed by atoms with van der Waals surface area (Å²) in [5, 5.41) is 4.63. The average Bonchev–Trinajstić information content (AvgIpc) is 3.51. The maximum absolute atomic E-state index is 14.1. The van der Waals surface area contributed by atoms with E-state index in [4.69, 9.17) is 0 Å². The smallest absolute Gasteiger partial charge is 0.276 e. The first-order valence-corrected chi connectivity index (χ1v) is 11.5. The Bertz CT molecular complexity index is 1210. The van der Waals surface area contributed by atoms with Crippen molar-refractivity contribution in [3.63, 3.8) is 0 Å². The molecule has 13 heteroatoms. The molecule has 2 aromatic rings. The first kappa shape index (κ1) is 25.6. The van der Waals surface area contributed by atoms with Crippen LogP contribution in [0.2, 0.25) is 0 Å². The molecule has 1 saturated carbocycles. The third kappa shape index (κ3) is 4.09. The fraction of sp³-hybridized carbons (Fsp3) is 0.478. The fourth-order valence-electron chi connectivity index (χ4n) is 4.73. The van der Waals surface area contributed by atoms with E-state index in [0.717, 1.165) is 32.0 Å². The number of benzene rings is 1. The molecule has 1 fully saturated rings. The van der Waals surface area contributed by atoms with Gasteiger partial charge in [0.2, 0.25) is 11.7 Å². The third-order valence-corrected chi connectivity index (χ3v) is 6.65. The van der Waals surface area contributed by atoms with Crippen LogP contribution in [0, 0.1) is 29.1 Å². The number of fused-ring (bicyclic) bond motifs is 1. The Morgan fingerprint density at radius 3 is 2.22 bits per heavy atom. The first-order valence-electron chi connectivity index (χ1n) is 11.5. The van der Waals surface area contributed by atoms with E-state index in [-0.39, 0.29) is 30.7 Å². The molecule has 1 aromatic heterocycles. The van der Waals surface area contributed by atoms with E-state index >= 15 is 0 Å². The molecule has 0 radical (unpaired) electrons. The van der Waals surface area contributed by atoms with Gasteiger partial charge in [-0.25, -0.2) is 26.9 Å². The topological polar surface area (TPSA) is 96.3 Å². The number of anilines is 1. The van der Waals surface area contributed by atoms with Crippen LogP contribution in [0.1, 0.15) is 66.9 Å². The molecule has 1 aliphatic heterocycles. The minimum atomic E-state index is -2.37. The van der Waals surface area contributed by atoms with E-state index in [0.29, 0.717) is 6.42 Å². The summed E-state index contributed by atoms with van der Waals surface area (Å²) >= 11 is 0. The number of rotatable bonds is 6.